The Morgan fingerprint density at radius 2 is 2.00 bits per heavy atom. The molecule has 2 saturated heterocycles. The number of nitrogens with zero attached hydrogens (tertiary/aromatic N) is 2. The molecule has 19 heavy (non-hydrogen) atoms. The van der Waals surface area contributed by atoms with Gasteiger partial charge in [0, 0.05) is 25.2 Å². The van der Waals surface area contributed by atoms with Crippen molar-refractivity contribution < 1.29 is 14.3 Å². The molecule has 2 unspecified atom stereocenters. The quantitative estimate of drug-likeness (QED) is 0.755. The highest BCUT2D eigenvalue weighted by Crippen LogP contribution is 2.28. The number of amides is 2. The first-order valence-corrected chi connectivity index (χ1v) is 7.02. The molecule has 0 aliphatic carbocycles. The molecule has 0 aromatic heterocycles. The first kappa shape index (κ1) is 14.1. The van der Waals surface area contributed by atoms with E-state index in [1.807, 2.05) is 4.90 Å². The van der Waals surface area contributed by atoms with Crippen molar-refractivity contribution >= 4 is 12.0 Å². The minimum Gasteiger partial charge on any atom is -0.465 e. The third-order valence-corrected chi connectivity index (χ3v) is 4.12. The average molecular weight is 269 g/mol. The summed E-state index contributed by atoms with van der Waals surface area (Å²) in [4.78, 5) is 27.5. The Hall–Kier alpha value is -1.30. The van der Waals surface area contributed by atoms with Gasteiger partial charge in [-0.1, -0.05) is 0 Å². The third-order valence-electron chi connectivity index (χ3n) is 4.12. The average Bonchev–Trinajstić information content (AvgIpc) is 2.61. The van der Waals surface area contributed by atoms with Crippen molar-refractivity contribution in [3.63, 3.8) is 0 Å². The highest BCUT2D eigenvalue weighted by atomic mass is 16.5. The molecular weight excluding hydrogens is 246 g/mol. The number of nitrogens with one attached hydrogen (secondary N) is 1. The molecule has 2 heterocycles. The van der Waals surface area contributed by atoms with Gasteiger partial charge < -0.3 is 15.0 Å². The Bertz CT molecular complexity index is 348. The van der Waals surface area contributed by atoms with E-state index in [1.165, 1.54) is 6.42 Å². The molecule has 108 valence electrons. The zero-order chi connectivity index (χ0) is 13.8. The van der Waals surface area contributed by atoms with Crippen LogP contribution in [-0.2, 0) is 9.53 Å². The molecule has 0 radical (unpaired) electrons. The van der Waals surface area contributed by atoms with Gasteiger partial charge in [0.25, 0.3) is 0 Å². The van der Waals surface area contributed by atoms with Gasteiger partial charge >= 0.3 is 12.0 Å². The monoisotopic (exact) mass is 269 g/mol. The number of ether oxygens (including phenoxy) is 1. The number of carbonyl (C=O) groups excluding carboxylic acids is 2. The van der Waals surface area contributed by atoms with Crippen LogP contribution in [0, 0.1) is 0 Å². The zero-order valence-electron chi connectivity index (χ0n) is 11.7. The van der Waals surface area contributed by atoms with Gasteiger partial charge in [-0.2, -0.15) is 0 Å². The Balaban J connectivity index is 1.81. The lowest BCUT2D eigenvalue weighted by Crippen LogP contribution is -2.46. The molecule has 0 aromatic rings. The van der Waals surface area contributed by atoms with E-state index in [1.54, 1.807) is 6.92 Å². The summed E-state index contributed by atoms with van der Waals surface area (Å²) in [6, 6.07) is 0.905. The lowest BCUT2D eigenvalue weighted by atomic mass is 10.1. The first-order valence-electron chi connectivity index (χ1n) is 7.02. The van der Waals surface area contributed by atoms with E-state index in [2.05, 4.69) is 17.3 Å². The van der Waals surface area contributed by atoms with Gasteiger partial charge in [-0.25, -0.2) is 4.79 Å². The second-order valence-electron chi connectivity index (χ2n) is 5.25. The fourth-order valence-corrected chi connectivity index (χ4v) is 2.96. The van der Waals surface area contributed by atoms with E-state index in [4.69, 9.17) is 4.74 Å². The van der Waals surface area contributed by atoms with Crippen LogP contribution in [0.25, 0.3) is 0 Å². The number of hydrogen-bond acceptors (Lipinski definition) is 4. The maximum atomic E-state index is 12.0. The van der Waals surface area contributed by atoms with Crippen LogP contribution in [0.4, 0.5) is 4.79 Å². The van der Waals surface area contributed by atoms with E-state index in [0.29, 0.717) is 18.7 Å². The maximum Gasteiger partial charge on any atom is 0.325 e. The van der Waals surface area contributed by atoms with Crippen LogP contribution in [0.3, 0.4) is 0 Å². The second kappa shape index (κ2) is 6.23. The summed E-state index contributed by atoms with van der Waals surface area (Å²) in [6.45, 7) is 3.56. The van der Waals surface area contributed by atoms with Crippen LogP contribution >= 0.6 is 0 Å². The molecule has 1 N–H and O–H groups in total. The van der Waals surface area contributed by atoms with E-state index < -0.39 is 0 Å². The Morgan fingerprint density at radius 3 is 2.74 bits per heavy atom. The largest absolute Gasteiger partial charge is 0.465 e. The predicted octanol–water partition coefficient (Wildman–Crippen LogP) is 0.428. The molecule has 2 fully saturated rings. The van der Waals surface area contributed by atoms with Crippen LogP contribution in [0.15, 0.2) is 0 Å². The smallest absolute Gasteiger partial charge is 0.325 e. The van der Waals surface area contributed by atoms with Gasteiger partial charge in [-0.05, 0) is 33.2 Å². The molecule has 2 bridgehead atoms. The molecule has 2 atom stereocenters. The van der Waals surface area contributed by atoms with Gasteiger partial charge in [0.2, 0.25) is 0 Å². The van der Waals surface area contributed by atoms with Crippen molar-refractivity contribution in [3.05, 3.63) is 0 Å². The SMILES string of the molecule is CCOC(=O)CNC(=O)N1CCC2CCC(C1)N2C. The number of rotatable bonds is 3. The summed E-state index contributed by atoms with van der Waals surface area (Å²) >= 11 is 0. The Morgan fingerprint density at radius 1 is 1.26 bits per heavy atom. The molecule has 2 rings (SSSR count). The minimum atomic E-state index is -0.385. The van der Waals surface area contributed by atoms with Crippen LogP contribution in [0.5, 0.6) is 0 Å². The summed E-state index contributed by atoms with van der Waals surface area (Å²) in [7, 11) is 2.14. The van der Waals surface area contributed by atoms with Crippen molar-refractivity contribution in [2.75, 3.05) is 33.3 Å². The molecule has 0 aromatic carbocycles. The molecule has 6 nitrogen and oxygen atoms in total. The van der Waals surface area contributed by atoms with Crippen LogP contribution in [-0.4, -0.2) is 67.2 Å². The van der Waals surface area contributed by atoms with Crippen LogP contribution in [0.1, 0.15) is 26.2 Å². The van der Waals surface area contributed by atoms with Gasteiger partial charge in [0.15, 0.2) is 0 Å². The second-order valence-corrected chi connectivity index (χ2v) is 5.25. The van der Waals surface area contributed by atoms with Crippen molar-refractivity contribution in [1.82, 2.24) is 15.1 Å². The van der Waals surface area contributed by atoms with Gasteiger partial charge in [-0.15, -0.1) is 0 Å². The maximum absolute atomic E-state index is 12.0. The topological polar surface area (TPSA) is 61.9 Å². The number of likely N-dealkylation sites (tertiary alicyclic amines) is 1. The fourth-order valence-electron chi connectivity index (χ4n) is 2.96. The first-order chi connectivity index (χ1) is 9.11. The summed E-state index contributed by atoms with van der Waals surface area (Å²) in [5.41, 5.74) is 0. The highest BCUT2D eigenvalue weighted by Gasteiger charge is 2.35. The normalized spacial score (nSPS) is 26.9. The van der Waals surface area contributed by atoms with Crippen LogP contribution < -0.4 is 5.32 Å². The number of carbonyl (C=O) groups is 2. The summed E-state index contributed by atoms with van der Waals surface area (Å²) in [5.74, 6) is -0.385. The highest BCUT2D eigenvalue weighted by molar-refractivity contribution is 5.80. The fraction of sp³-hybridized carbons (Fsp3) is 0.846. The van der Waals surface area contributed by atoms with E-state index in [-0.39, 0.29) is 18.5 Å². The van der Waals surface area contributed by atoms with Gasteiger partial charge in [0.05, 0.1) is 6.61 Å². The standard InChI is InChI=1S/C13H23N3O3/c1-3-19-12(17)8-14-13(18)16-7-6-10-4-5-11(9-16)15(10)2/h10-11H,3-9H2,1-2H3,(H,14,18). The molecule has 2 aliphatic rings. The number of likely N-dealkylation sites (N-methyl/N-ethyl adjacent to an activating group) is 1. The summed E-state index contributed by atoms with van der Waals surface area (Å²) in [6.07, 6.45) is 3.40. The Labute approximate surface area is 114 Å². The van der Waals surface area contributed by atoms with Crippen LogP contribution in [0.2, 0.25) is 0 Å². The molecular formula is C13H23N3O3. The zero-order valence-corrected chi connectivity index (χ0v) is 11.7. The van der Waals surface area contributed by atoms with Gasteiger partial charge in [0.1, 0.15) is 6.54 Å². The number of esters is 1. The molecule has 6 heteroatoms. The van der Waals surface area contributed by atoms with E-state index >= 15 is 0 Å². The summed E-state index contributed by atoms with van der Waals surface area (Å²) in [5, 5.41) is 2.63. The molecule has 2 aliphatic heterocycles. The number of fused-ring (bicyclic) bond motifs is 2. The van der Waals surface area contributed by atoms with E-state index in [0.717, 1.165) is 25.9 Å². The third kappa shape index (κ3) is 3.37. The molecule has 0 spiro atoms. The number of hydrogen-bond donors (Lipinski definition) is 1. The molecule has 0 saturated carbocycles. The number of urea groups is 1. The lowest BCUT2D eigenvalue weighted by molar-refractivity contribution is -0.141. The van der Waals surface area contributed by atoms with Crippen molar-refractivity contribution in [3.8, 4) is 0 Å². The summed E-state index contributed by atoms with van der Waals surface area (Å²) < 4.78 is 4.79. The minimum absolute atomic E-state index is 0.0485. The van der Waals surface area contributed by atoms with Gasteiger partial charge in [-0.3, -0.25) is 9.69 Å². The van der Waals surface area contributed by atoms with Crippen molar-refractivity contribution in [1.29, 1.82) is 0 Å². The van der Waals surface area contributed by atoms with Crippen molar-refractivity contribution in [2.45, 2.75) is 38.3 Å². The lowest BCUT2D eigenvalue weighted by Gasteiger charge is -2.25. The Kier molecular flexibility index (Phi) is 4.63. The van der Waals surface area contributed by atoms with Crippen molar-refractivity contribution in [2.24, 2.45) is 0 Å². The van der Waals surface area contributed by atoms with E-state index in [9.17, 15) is 9.59 Å². The molecule has 2 amide bonds. The predicted molar refractivity (Wildman–Crippen MR) is 70.8 cm³/mol.